The number of rotatable bonds is 5. The van der Waals surface area contributed by atoms with E-state index < -0.39 is 61.8 Å². The van der Waals surface area contributed by atoms with E-state index in [0.717, 1.165) is 6.07 Å². The van der Waals surface area contributed by atoms with Crippen LogP contribution in [0.15, 0.2) is 28.2 Å². The van der Waals surface area contributed by atoms with Crippen LogP contribution in [-0.2, 0) is 25.5 Å². The van der Waals surface area contributed by atoms with Gasteiger partial charge in [0.25, 0.3) is 0 Å². The number of azide groups is 1. The monoisotopic (exact) mass is 392 g/mol. The first-order valence-corrected chi connectivity index (χ1v) is 8.81. The molecule has 1 aliphatic rings. The molecule has 0 spiro atoms. The predicted octanol–water partition coefficient (Wildman–Crippen LogP) is 1.96. The quantitative estimate of drug-likeness (QED) is 0.429. The Labute approximate surface area is 146 Å². The number of carbonyl (C=O) groups is 1. The van der Waals surface area contributed by atoms with Crippen molar-refractivity contribution in [2.24, 2.45) is 11.0 Å². The summed E-state index contributed by atoms with van der Waals surface area (Å²) in [6.45, 7) is 0. The second-order valence-corrected chi connectivity index (χ2v) is 7.90. The highest BCUT2D eigenvalue weighted by Crippen LogP contribution is 2.41. The Morgan fingerprint density at radius 2 is 2.04 bits per heavy atom. The molecule has 0 N–H and O–H groups in total. The molecular weight excluding hydrogens is 379 g/mol. The van der Waals surface area contributed by atoms with Crippen LogP contribution in [0.2, 0.25) is 0 Å². The summed E-state index contributed by atoms with van der Waals surface area (Å²) in [6, 6.07) is 2.09. The molecule has 2 rings (SSSR count). The Balaban J connectivity index is 2.53. The SMILES string of the molecule is CO[C@H]1C[C@@H](S(=O)(=O)c2ccc(N=[N+]=[N-])cc2C(F)(F)F)C[C@@H]1C(=O)[O-]. The average molecular weight is 392 g/mol. The molecule has 0 saturated heterocycles. The molecule has 1 saturated carbocycles. The number of halogens is 3. The normalized spacial score (nSPS) is 23.5. The van der Waals surface area contributed by atoms with Gasteiger partial charge in [-0.3, -0.25) is 0 Å². The van der Waals surface area contributed by atoms with E-state index >= 15 is 0 Å². The molecule has 1 aromatic carbocycles. The molecule has 8 nitrogen and oxygen atoms in total. The first kappa shape index (κ1) is 20.0. The molecule has 26 heavy (non-hydrogen) atoms. The lowest BCUT2D eigenvalue weighted by Gasteiger charge is -2.18. The molecule has 1 fully saturated rings. The second kappa shape index (κ2) is 7.14. The lowest BCUT2D eigenvalue weighted by molar-refractivity contribution is -0.313. The van der Waals surface area contributed by atoms with Crippen molar-refractivity contribution >= 4 is 21.5 Å². The number of carboxylic acid groups (broad SMARTS) is 1. The van der Waals surface area contributed by atoms with Gasteiger partial charge in [-0.25, -0.2) is 8.42 Å². The fraction of sp³-hybridized carbons (Fsp3) is 0.500. The van der Waals surface area contributed by atoms with Crippen molar-refractivity contribution in [3.8, 4) is 0 Å². The third-order valence-corrected chi connectivity index (χ3v) is 6.47. The third kappa shape index (κ3) is 3.76. The first-order valence-electron chi connectivity index (χ1n) is 7.26. The van der Waals surface area contributed by atoms with Gasteiger partial charge >= 0.3 is 6.18 Å². The predicted molar refractivity (Wildman–Crippen MR) is 79.8 cm³/mol. The molecular formula is C14H13F3N3O5S-. The lowest BCUT2D eigenvalue weighted by atomic mass is 10.1. The van der Waals surface area contributed by atoms with Gasteiger partial charge in [0, 0.05) is 29.6 Å². The van der Waals surface area contributed by atoms with E-state index in [4.69, 9.17) is 10.3 Å². The van der Waals surface area contributed by atoms with E-state index in [1.807, 2.05) is 0 Å². The van der Waals surface area contributed by atoms with Crippen molar-refractivity contribution in [2.45, 2.75) is 35.3 Å². The van der Waals surface area contributed by atoms with Crippen LogP contribution in [0.25, 0.3) is 10.4 Å². The smallest absolute Gasteiger partial charge is 0.417 e. The van der Waals surface area contributed by atoms with Gasteiger partial charge in [-0.05, 0) is 30.5 Å². The highest BCUT2D eigenvalue weighted by molar-refractivity contribution is 7.92. The molecule has 1 aromatic rings. The molecule has 0 unspecified atom stereocenters. The maximum atomic E-state index is 13.3. The number of benzene rings is 1. The summed E-state index contributed by atoms with van der Waals surface area (Å²) in [6.07, 6.45) is -6.68. The van der Waals surface area contributed by atoms with E-state index in [1.165, 1.54) is 7.11 Å². The molecule has 0 aliphatic heterocycles. The molecule has 0 amide bonds. The molecule has 0 radical (unpaired) electrons. The summed E-state index contributed by atoms with van der Waals surface area (Å²) < 4.78 is 70.3. The number of aliphatic carboxylic acids is 1. The fourth-order valence-electron chi connectivity index (χ4n) is 3.00. The minimum Gasteiger partial charge on any atom is -0.550 e. The van der Waals surface area contributed by atoms with Crippen LogP contribution >= 0.6 is 0 Å². The van der Waals surface area contributed by atoms with Gasteiger partial charge in [-0.1, -0.05) is 11.2 Å². The lowest BCUT2D eigenvalue weighted by Crippen LogP contribution is -2.36. The minimum atomic E-state index is -5.02. The van der Waals surface area contributed by atoms with E-state index in [9.17, 15) is 31.5 Å². The fourth-order valence-corrected chi connectivity index (χ4v) is 5.00. The largest absolute Gasteiger partial charge is 0.550 e. The highest BCUT2D eigenvalue weighted by atomic mass is 32.2. The van der Waals surface area contributed by atoms with Crippen molar-refractivity contribution < 1.29 is 36.2 Å². The Morgan fingerprint density at radius 1 is 1.38 bits per heavy atom. The van der Waals surface area contributed by atoms with Crippen LogP contribution < -0.4 is 5.11 Å². The topological polar surface area (TPSA) is 132 Å². The van der Waals surface area contributed by atoms with Crippen molar-refractivity contribution in [2.75, 3.05) is 7.11 Å². The summed E-state index contributed by atoms with van der Waals surface area (Å²) in [5, 5.41) is 12.8. The van der Waals surface area contributed by atoms with E-state index in [2.05, 4.69) is 10.0 Å². The zero-order chi connectivity index (χ0) is 19.7. The number of carboxylic acids is 1. The van der Waals surface area contributed by atoms with Crippen LogP contribution in [0.5, 0.6) is 0 Å². The van der Waals surface area contributed by atoms with Gasteiger partial charge in [0.1, 0.15) is 0 Å². The van der Waals surface area contributed by atoms with Crippen LogP contribution in [0.4, 0.5) is 18.9 Å². The molecule has 142 valence electrons. The van der Waals surface area contributed by atoms with Gasteiger partial charge in [-0.15, -0.1) is 0 Å². The number of carbonyl (C=O) groups excluding carboxylic acids is 1. The standard InChI is InChI=1S/C14H14F3N3O5S/c1-25-11-6-8(5-9(11)13(21)22)26(23,24)12-3-2-7(19-20-18)4-10(12)14(15,16)17/h2-4,8-9,11H,5-6H2,1H3,(H,21,22)/p-1/t8-,9-,11-/m0/s1. The summed E-state index contributed by atoms with van der Waals surface area (Å²) in [7, 11) is -3.33. The molecule has 3 atom stereocenters. The summed E-state index contributed by atoms with van der Waals surface area (Å²) in [5.41, 5.74) is 6.46. The number of alkyl halides is 3. The molecule has 0 aromatic heterocycles. The zero-order valence-corrected chi connectivity index (χ0v) is 14.1. The molecule has 12 heteroatoms. The van der Waals surface area contributed by atoms with Crippen LogP contribution in [0.3, 0.4) is 0 Å². The average Bonchev–Trinajstić information content (AvgIpc) is 2.99. The Bertz CT molecular complexity index is 865. The van der Waals surface area contributed by atoms with Crippen molar-refractivity contribution in [3.05, 3.63) is 34.2 Å². The van der Waals surface area contributed by atoms with E-state index in [1.54, 1.807) is 0 Å². The number of hydrogen-bond acceptors (Lipinski definition) is 6. The summed E-state index contributed by atoms with van der Waals surface area (Å²) in [5.74, 6) is -2.76. The van der Waals surface area contributed by atoms with Gasteiger partial charge in [-0.2, -0.15) is 13.2 Å². The van der Waals surface area contributed by atoms with Crippen molar-refractivity contribution in [1.29, 1.82) is 0 Å². The maximum Gasteiger partial charge on any atom is 0.417 e. The first-order chi connectivity index (χ1) is 12.0. The number of sulfone groups is 1. The van der Waals surface area contributed by atoms with E-state index in [-0.39, 0.29) is 6.42 Å². The molecule has 0 bridgehead atoms. The second-order valence-electron chi connectivity index (χ2n) is 5.71. The number of nitrogens with zero attached hydrogens (tertiary/aromatic N) is 3. The Morgan fingerprint density at radius 3 is 2.50 bits per heavy atom. The highest BCUT2D eigenvalue weighted by Gasteiger charge is 2.45. The maximum absolute atomic E-state index is 13.3. The van der Waals surface area contributed by atoms with Crippen LogP contribution in [-0.4, -0.2) is 32.9 Å². The number of hydrogen-bond donors (Lipinski definition) is 0. The van der Waals surface area contributed by atoms with Gasteiger partial charge < -0.3 is 14.6 Å². The number of methoxy groups -OCH3 is 1. The summed E-state index contributed by atoms with van der Waals surface area (Å²) >= 11 is 0. The molecule has 1 aliphatic carbocycles. The summed E-state index contributed by atoms with van der Waals surface area (Å²) in [4.78, 5) is 12.5. The number of ether oxygens (including phenoxy) is 1. The third-order valence-electron chi connectivity index (χ3n) is 4.24. The Kier molecular flexibility index (Phi) is 5.49. The van der Waals surface area contributed by atoms with Crippen molar-refractivity contribution in [1.82, 2.24) is 0 Å². The zero-order valence-electron chi connectivity index (χ0n) is 13.3. The van der Waals surface area contributed by atoms with Crippen LogP contribution in [0, 0.1) is 5.92 Å². The van der Waals surface area contributed by atoms with Gasteiger partial charge in [0.2, 0.25) is 0 Å². The molecule has 0 heterocycles. The van der Waals surface area contributed by atoms with Gasteiger partial charge in [0.05, 0.1) is 21.8 Å². The Hall–Kier alpha value is -2.30. The van der Waals surface area contributed by atoms with E-state index in [0.29, 0.717) is 12.1 Å². The van der Waals surface area contributed by atoms with Crippen molar-refractivity contribution in [3.63, 3.8) is 0 Å². The minimum absolute atomic E-state index is 0.271. The van der Waals surface area contributed by atoms with Crippen LogP contribution in [0.1, 0.15) is 18.4 Å². The van der Waals surface area contributed by atoms with Gasteiger partial charge in [0.15, 0.2) is 9.84 Å².